The maximum absolute atomic E-state index is 10.1. The number of rotatable bonds is 2. The van der Waals surface area contributed by atoms with Crippen molar-refractivity contribution in [2.45, 2.75) is 32.4 Å². The molecular weight excluding hydrogens is 260 g/mol. The summed E-state index contributed by atoms with van der Waals surface area (Å²) in [6.07, 6.45) is 0.416. The second-order valence-electron chi connectivity index (χ2n) is 5.61. The van der Waals surface area contributed by atoms with Crippen molar-refractivity contribution in [3.05, 3.63) is 59.2 Å². The minimum atomic E-state index is -0.562. The summed E-state index contributed by atoms with van der Waals surface area (Å²) >= 11 is 0. The lowest BCUT2D eigenvalue weighted by atomic mass is 10.0. The lowest BCUT2D eigenvalue weighted by Gasteiger charge is -2.28. The van der Waals surface area contributed by atoms with Crippen LogP contribution in [0.2, 0.25) is 0 Å². The van der Waals surface area contributed by atoms with Crippen molar-refractivity contribution < 1.29 is 5.11 Å². The molecule has 2 aromatic rings. The Bertz CT molecular complexity index is 715. The highest BCUT2D eigenvalue weighted by Crippen LogP contribution is 2.41. The van der Waals surface area contributed by atoms with Crippen molar-refractivity contribution in [1.29, 1.82) is 5.26 Å². The minimum absolute atomic E-state index is 0.314. The third-order valence-electron chi connectivity index (χ3n) is 4.08. The zero-order valence-electron chi connectivity index (χ0n) is 12.2. The normalized spacial score (nSPS) is 18.2. The second kappa shape index (κ2) is 5.23. The molecule has 0 saturated heterocycles. The standard InChI is InChI=1S/C18H18N2O/c1-12-9-15-5-3-4-6-17(15)20(12)18-10-14(11-19)7-8-16(18)13(2)21/h3-8,10,12-13,21H,9H2,1-2H3/t12?,13-/m1/s1. The van der Waals surface area contributed by atoms with Crippen LogP contribution in [0.5, 0.6) is 0 Å². The molecule has 2 atom stereocenters. The van der Waals surface area contributed by atoms with Crippen LogP contribution in [0.3, 0.4) is 0 Å². The Morgan fingerprint density at radius 1 is 1.24 bits per heavy atom. The van der Waals surface area contributed by atoms with Gasteiger partial charge in [-0.2, -0.15) is 5.26 Å². The van der Waals surface area contributed by atoms with Crippen molar-refractivity contribution in [2.75, 3.05) is 4.90 Å². The number of anilines is 2. The smallest absolute Gasteiger partial charge is 0.0992 e. The van der Waals surface area contributed by atoms with Gasteiger partial charge < -0.3 is 10.0 Å². The van der Waals surface area contributed by atoms with Crippen LogP contribution >= 0.6 is 0 Å². The Morgan fingerprint density at radius 2 is 2.00 bits per heavy atom. The van der Waals surface area contributed by atoms with Gasteiger partial charge in [-0.25, -0.2) is 0 Å². The summed E-state index contributed by atoms with van der Waals surface area (Å²) in [6, 6.07) is 16.3. The number of hydrogen-bond acceptors (Lipinski definition) is 3. The second-order valence-corrected chi connectivity index (χ2v) is 5.61. The summed E-state index contributed by atoms with van der Waals surface area (Å²) in [5.74, 6) is 0. The van der Waals surface area contributed by atoms with E-state index in [1.54, 1.807) is 13.0 Å². The average Bonchev–Trinajstić information content (AvgIpc) is 2.82. The van der Waals surface area contributed by atoms with Gasteiger partial charge in [0.05, 0.1) is 17.7 Å². The van der Waals surface area contributed by atoms with Crippen LogP contribution in [-0.2, 0) is 6.42 Å². The average molecular weight is 278 g/mol. The first-order chi connectivity index (χ1) is 10.1. The van der Waals surface area contributed by atoms with E-state index in [0.29, 0.717) is 11.6 Å². The predicted molar refractivity (Wildman–Crippen MR) is 83.5 cm³/mol. The molecule has 3 rings (SSSR count). The maximum atomic E-state index is 10.1. The highest BCUT2D eigenvalue weighted by molar-refractivity contribution is 5.74. The summed E-state index contributed by atoms with van der Waals surface area (Å²) in [5, 5.41) is 19.2. The summed E-state index contributed by atoms with van der Waals surface area (Å²) in [7, 11) is 0. The van der Waals surface area contributed by atoms with Gasteiger partial charge in [0.2, 0.25) is 0 Å². The molecule has 1 aliphatic heterocycles. The number of nitrogens with zero attached hydrogens (tertiary/aromatic N) is 2. The maximum Gasteiger partial charge on any atom is 0.0992 e. The molecule has 0 amide bonds. The van der Waals surface area contributed by atoms with E-state index in [2.05, 4.69) is 36.1 Å². The fourth-order valence-electron chi connectivity index (χ4n) is 3.11. The lowest BCUT2D eigenvalue weighted by Crippen LogP contribution is -2.25. The Balaban J connectivity index is 2.18. The lowest BCUT2D eigenvalue weighted by molar-refractivity contribution is 0.199. The molecule has 0 spiro atoms. The zero-order chi connectivity index (χ0) is 15.0. The van der Waals surface area contributed by atoms with E-state index >= 15 is 0 Å². The molecular formula is C18H18N2O. The van der Waals surface area contributed by atoms with E-state index in [1.807, 2.05) is 18.2 Å². The van der Waals surface area contributed by atoms with Crippen LogP contribution in [0, 0.1) is 11.3 Å². The summed E-state index contributed by atoms with van der Waals surface area (Å²) in [4.78, 5) is 2.23. The van der Waals surface area contributed by atoms with Crippen LogP contribution in [-0.4, -0.2) is 11.1 Å². The number of para-hydroxylation sites is 1. The molecule has 0 radical (unpaired) electrons. The van der Waals surface area contributed by atoms with Gasteiger partial charge in [0.15, 0.2) is 0 Å². The van der Waals surface area contributed by atoms with Gasteiger partial charge in [0.25, 0.3) is 0 Å². The highest BCUT2D eigenvalue weighted by atomic mass is 16.3. The third-order valence-corrected chi connectivity index (χ3v) is 4.08. The molecule has 3 nitrogen and oxygen atoms in total. The van der Waals surface area contributed by atoms with E-state index in [-0.39, 0.29) is 0 Å². The molecule has 0 fully saturated rings. The van der Waals surface area contributed by atoms with Gasteiger partial charge in [-0.05, 0) is 44.0 Å². The number of benzene rings is 2. The molecule has 1 aliphatic rings. The molecule has 1 heterocycles. The van der Waals surface area contributed by atoms with Crippen molar-refractivity contribution >= 4 is 11.4 Å². The third kappa shape index (κ3) is 2.28. The Hall–Kier alpha value is -2.31. The number of aliphatic hydroxyl groups excluding tert-OH is 1. The number of hydrogen-bond donors (Lipinski definition) is 1. The molecule has 0 aliphatic carbocycles. The van der Waals surface area contributed by atoms with Gasteiger partial charge in [-0.3, -0.25) is 0 Å². The monoisotopic (exact) mass is 278 g/mol. The first kappa shape index (κ1) is 13.7. The fraction of sp³-hybridized carbons (Fsp3) is 0.278. The van der Waals surface area contributed by atoms with E-state index in [1.165, 1.54) is 11.3 Å². The molecule has 21 heavy (non-hydrogen) atoms. The van der Waals surface area contributed by atoms with Gasteiger partial charge >= 0.3 is 0 Å². The van der Waals surface area contributed by atoms with Crippen LogP contribution in [0.25, 0.3) is 0 Å². The first-order valence-electron chi connectivity index (χ1n) is 7.21. The van der Waals surface area contributed by atoms with E-state index in [9.17, 15) is 5.11 Å². The van der Waals surface area contributed by atoms with Gasteiger partial charge in [0, 0.05) is 23.0 Å². The summed E-state index contributed by atoms with van der Waals surface area (Å²) < 4.78 is 0. The molecule has 0 aromatic heterocycles. The highest BCUT2D eigenvalue weighted by Gasteiger charge is 2.29. The van der Waals surface area contributed by atoms with E-state index in [4.69, 9.17) is 5.26 Å². The fourth-order valence-corrected chi connectivity index (χ4v) is 3.11. The summed E-state index contributed by atoms with van der Waals surface area (Å²) in [6.45, 7) is 3.93. The Morgan fingerprint density at radius 3 is 2.71 bits per heavy atom. The van der Waals surface area contributed by atoms with Crippen molar-refractivity contribution in [3.8, 4) is 6.07 Å². The topological polar surface area (TPSA) is 47.3 Å². The quantitative estimate of drug-likeness (QED) is 0.911. The van der Waals surface area contributed by atoms with Crippen molar-refractivity contribution in [3.63, 3.8) is 0 Å². The predicted octanol–water partition coefficient (Wildman–Crippen LogP) is 3.69. The van der Waals surface area contributed by atoms with E-state index in [0.717, 1.165) is 17.7 Å². The van der Waals surface area contributed by atoms with Gasteiger partial charge in [0.1, 0.15) is 0 Å². The molecule has 106 valence electrons. The van der Waals surface area contributed by atoms with Crippen LogP contribution in [0.1, 0.15) is 36.6 Å². The largest absolute Gasteiger partial charge is 0.389 e. The molecule has 1 unspecified atom stereocenters. The van der Waals surface area contributed by atoms with Crippen molar-refractivity contribution in [2.24, 2.45) is 0 Å². The van der Waals surface area contributed by atoms with Crippen molar-refractivity contribution in [1.82, 2.24) is 0 Å². The molecule has 1 N–H and O–H groups in total. The Labute approximate surface area is 125 Å². The molecule has 2 aromatic carbocycles. The summed E-state index contributed by atoms with van der Waals surface area (Å²) in [5.41, 5.74) is 4.89. The Kier molecular flexibility index (Phi) is 3.40. The van der Waals surface area contributed by atoms with E-state index < -0.39 is 6.10 Å². The molecule has 0 bridgehead atoms. The van der Waals surface area contributed by atoms with Crippen LogP contribution in [0.4, 0.5) is 11.4 Å². The first-order valence-corrected chi connectivity index (χ1v) is 7.21. The SMILES string of the molecule is CC1Cc2ccccc2N1c1cc(C#N)ccc1[C@@H](C)O. The minimum Gasteiger partial charge on any atom is -0.389 e. The van der Waals surface area contributed by atoms with Gasteiger partial charge in [-0.15, -0.1) is 0 Å². The van der Waals surface area contributed by atoms with Gasteiger partial charge in [-0.1, -0.05) is 24.3 Å². The number of aliphatic hydroxyl groups is 1. The zero-order valence-corrected chi connectivity index (χ0v) is 12.2. The van der Waals surface area contributed by atoms with Crippen LogP contribution < -0.4 is 4.90 Å². The van der Waals surface area contributed by atoms with Crippen LogP contribution in [0.15, 0.2) is 42.5 Å². The number of nitriles is 1. The molecule has 3 heteroatoms. The molecule has 0 saturated carbocycles. The number of fused-ring (bicyclic) bond motifs is 1.